The van der Waals surface area contributed by atoms with E-state index in [2.05, 4.69) is 34.5 Å². The molecule has 0 unspecified atom stereocenters. The van der Waals surface area contributed by atoms with E-state index in [0.717, 1.165) is 32.7 Å². The van der Waals surface area contributed by atoms with E-state index < -0.39 is 0 Å². The number of nitrogens with one attached hydrogen (secondary N) is 1. The molecule has 17 heavy (non-hydrogen) atoms. The normalized spacial score (nSPS) is 17.4. The molecule has 0 spiro atoms. The number of hydrogen-bond acceptors (Lipinski definition) is 3. The Morgan fingerprint density at radius 1 is 1.18 bits per heavy atom. The van der Waals surface area contributed by atoms with Gasteiger partial charge in [-0.1, -0.05) is 24.3 Å². The highest BCUT2D eigenvalue weighted by Crippen LogP contribution is 2.13. The smallest absolute Gasteiger partial charge is 0.0669 e. The molecule has 1 N–H and O–H groups in total. The molecule has 0 amide bonds. The summed E-state index contributed by atoms with van der Waals surface area (Å²) in [4.78, 5) is 2.47. The van der Waals surface area contributed by atoms with Crippen LogP contribution in [0.15, 0.2) is 24.3 Å². The molecule has 90 valence electrons. The van der Waals surface area contributed by atoms with Crippen molar-refractivity contribution in [2.75, 3.05) is 26.2 Å². The zero-order valence-electron chi connectivity index (χ0n) is 10.2. The lowest BCUT2D eigenvalue weighted by molar-refractivity contribution is 0.284. The van der Waals surface area contributed by atoms with Gasteiger partial charge in [0.2, 0.25) is 0 Å². The van der Waals surface area contributed by atoms with Crippen LogP contribution in [0, 0.1) is 11.3 Å². The quantitative estimate of drug-likeness (QED) is 0.854. The molecule has 3 nitrogen and oxygen atoms in total. The summed E-state index contributed by atoms with van der Waals surface area (Å²) in [5.41, 5.74) is 2.48. The Balaban J connectivity index is 2.04. The fourth-order valence-electron chi connectivity index (χ4n) is 2.27. The highest BCUT2D eigenvalue weighted by Gasteiger charge is 2.10. The van der Waals surface area contributed by atoms with Crippen LogP contribution in [-0.4, -0.2) is 31.1 Å². The Bertz CT molecular complexity index is 387. The number of nitrogens with zero attached hydrogens (tertiary/aromatic N) is 2. The van der Waals surface area contributed by atoms with Crippen molar-refractivity contribution in [2.45, 2.75) is 19.4 Å². The summed E-state index contributed by atoms with van der Waals surface area (Å²) < 4.78 is 0. The van der Waals surface area contributed by atoms with Gasteiger partial charge in [-0.15, -0.1) is 0 Å². The van der Waals surface area contributed by atoms with Gasteiger partial charge in [0.05, 0.1) is 12.5 Å². The first-order valence-corrected chi connectivity index (χ1v) is 6.27. The molecule has 1 saturated heterocycles. The molecule has 0 bridgehead atoms. The van der Waals surface area contributed by atoms with Crippen molar-refractivity contribution in [3.63, 3.8) is 0 Å². The third kappa shape index (κ3) is 3.55. The van der Waals surface area contributed by atoms with E-state index in [9.17, 15) is 0 Å². The molecular weight excluding hydrogens is 210 g/mol. The Labute approximate surface area is 103 Å². The SMILES string of the molecule is N#CCc1ccccc1CN1CCCNCC1. The Kier molecular flexibility index (Phi) is 4.54. The third-order valence-electron chi connectivity index (χ3n) is 3.21. The largest absolute Gasteiger partial charge is 0.315 e. The van der Waals surface area contributed by atoms with E-state index in [-0.39, 0.29) is 0 Å². The summed E-state index contributed by atoms with van der Waals surface area (Å²) in [6.45, 7) is 5.41. The van der Waals surface area contributed by atoms with Gasteiger partial charge in [-0.05, 0) is 30.6 Å². The second-order valence-electron chi connectivity index (χ2n) is 4.48. The summed E-state index contributed by atoms with van der Waals surface area (Å²) in [6, 6.07) is 10.5. The molecule has 2 rings (SSSR count). The maximum absolute atomic E-state index is 8.82. The van der Waals surface area contributed by atoms with Gasteiger partial charge in [0.25, 0.3) is 0 Å². The molecule has 1 aliphatic heterocycles. The van der Waals surface area contributed by atoms with Gasteiger partial charge < -0.3 is 5.32 Å². The second kappa shape index (κ2) is 6.39. The molecule has 0 atom stereocenters. The second-order valence-corrected chi connectivity index (χ2v) is 4.48. The summed E-state index contributed by atoms with van der Waals surface area (Å²) in [5.74, 6) is 0. The van der Waals surface area contributed by atoms with E-state index in [4.69, 9.17) is 5.26 Å². The highest BCUT2D eigenvalue weighted by molar-refractivity contribution is 5.29. The van der Waals surface area contributed by atoms with Gasteiger partial charge in [0.1, 0.15) is 0 Å². The number of rotatable bonds is 3. The van der Waals surface area contributed by atoms with Gasteiger partial charge in [0, 0.05) is 19.6 Å². The first-order chi connectivity index (χ1) is 8.40. The topological polar surface area (TPSA) is 39.1 Å². The van der Waals surface area contributed by atoms with Crippen LogP contribution in [0.1, 0.15) is 17.5 Å². The van der Waals surface area contributed by atoms with Crippen LogP contribution in [-0.2, 0) is 13.0 Å². The van der Waals surface area contributed by atoms with Gasteiger partial charge in [0.15, 0.2) is 0 Å². The van der Waals surface area contributed by atoms with Crippen molar-refractivity contribution < 1.29 is 0 Å². The predicted molar refractivity (Wildman–Crippen MR) is 68.5 cm³/mol. The minimum atomic E-state index is 0.516. The average molecular weight is 229 g/mol. The molecule has 1 heterocycles. The molecule has 0 radical (unpaired) electrons. The van der Waals surface area contributed by atoms with E-state index in [1.165, 1.54) is 17.5 Å². The minimum absolute atomic E-state index is 0.516. The highest BCUT2D eigenvalue weighted by atomic mass is 15.1. The summed E-state index contributed by atoms with van der Waals surface area (Å²) in [5, 5.41) is 12.2. The fourth-order valence-corrected chi connectivity index (χ4v) is 2.27. The van der Waals surface area contributed by atoms with Gasteiger partial charge in [-0.3, -0.25) is 4.90 Å². The van der Waals surface area contributed by atoms with Crippen LogP contribution >= 0.6 is 0 Å². The van der Waals surface area contributed by atoms with Crippen molar-refractivity contribution >= 4 is 0 Å². The van der Waals surface area contributed by atoms with Gasteiger partial charge in [-0.25, -0.2) is 0 Å². The van der Waals surface area contributed by atoms with Gasteiger partial charge in [-0.2, -0.15) is 5.26 Å². The molecule has 3 heteroatoms. The maximum Gasteiger partial charge on any atom is 0.0669 e. The third-order valence-corrected chi connectivity index (χ3v) is 3.21. The van der Waals surface area contributed by atoms with Crippen molar-refractivity contribution in [1.29, 1.82) is 5.26 Å². The van der Waals surface area contributed by atoms with E-state index in [0.29, 0.717) is 6.42 Å². The van der Waals surface area contributed by atoms with Crippen LogP contribution in [0.3, 0.4) is 0 Å². The van der Waals surface area contributed by atoms with Crippen molar-refractivity contribution in [1.82, 2.24) is 10.2 Å². The molecule has 0 saturated carbocycles. The number of nitriles is 1. The zero-order chi connectivity index (χ0) is 11.9. The van der Waals surface area contributed by atoms with Crippen LogP contribution in [0.4, 0.5) is 0 Å². The summed E-state index contributed by atoms with van der Waals surface area (Å²) in [7, 11) is 0. The fraction of sp³-hybridized carbons (Fsp3) is 0.500. The summed E-state index contributed by atoms with van der Waals surface area (Å²) in [6.07, 6.45) is 1.72. The van der Waals surface area contributed by atoms with Gasteiger partial charge >= 0.3 is 0 Å². The standard InChI is InChI=1S/C14H19N3/c15-7-6-13-4-1-2-5-14(13)12-17-10-3-8-16-9-11-17/h1-2,4-5,16H,3,6,8-12H2. The molecule has 0 aromatic heterocycles. The first kappa shape index (κ1) is 12.1. The Hall–Kier alpha value is -1.37. The molecule has 1 aliphatic rings. The lowest BCUT2D eigenvalue weighted by Crippen LogP contribution is -2.28. The Morgan fingerprint density at radius 3 is 2.82 bits per heavy atom. The van der Waals surface area contributed by atoms with Crippen molar-refractivity contribution in [3.8, 4) is 6.07 Å². The zero-order valence-corrected chi connectivity index (χ0v) is 10.2. The van der Waals surface area contributed by atoms with Crippen LogP contribution in [0.2, 0.25) is 0 Å². The van der Waals surface area contributed by atoms with Crippen LogP contribution in [0.25, 0.3) is 0 Å². The minimum Gasteiger partial charge on any atom is -0.315 e. The maximum atomic E-state index is 8.82. The molecule has 1 fully saturated rings. The van der Waals surface area contributed by atoms with Crippen molar-refractivity contribution in [3.05, 3.63) is 35.4 Å². The molecule has 1 aromatic rings. The van der Waals surface area contributed by atoms with Crippen molar-refractivity contribution in [2.24, 2.45) is 0 Å². The van der Waals surface area contributed by atoms with E-state index >= 15 is 0 Å². The average Bonchev–Trinajstić information content (AvgIpc) is 2.61. The number of hydrogen-bond donors (Lipinski definition) is 1. The molecular formula is C14H19N3. The Morgan fingerprint density at radius 2 is 2.00 bits per heavy atom. The monoisotopic (exact) mass is 229 g/mol. The number of benzene rings is 1. The summed E-state index contributed by atoms with van der Waals surface area (Å²) >= 11 is 0. The lowest BCUT2D eigenvalue weighted by Gasteiger charge is -2.20. The van der Waals surface area contributed by atoms with E-state index in [1.54, 1.807) is 0 Å². The van der Waals surface area contributed by atoms with Crippen LogP contribution < -0.4 is 5.32 Å². The predicted octanol–water partition coefficient (Wildman–Crippen LogP) is 1.55. The first-order valence-electron chi connectivity index (χ1n) is 6.27. The molecule has 0 aliphatic carbocycles. The van der Waals surface area contributed by atoms with E-state index in [1.807, 2.05) is 6.07 Å². The molecule has 1 aromatic carbocycles. The van der Waals surface area contributed by atoms with Crippen LogP contribution in [0.5, 0.6) is 0 Å². The lowest BCUT2D eigenvalue weighted by atomic mass is 10.0.